The van der Waals surface area contributed by atoms with Gasteiger partial charge >= 0.3 is 0 Å². The van der Waals surface area contributed by atoms with Crippen LogP contribution in [0.2, 0.25) is 5.02 Å². The number of carbonyl (C=O) groups is 1. The predicted octanol–water partition coefficient (Wildman–Crippen LogP) is 6.51. The molecular formula is C27H25ClFNO2. The lowest BCUT2D eigenvalue weighted by Crippen LogP contribution is -2.37. The second-order valence-corrected chi connectivity index (χ2v) is 8.32. The summed E-state index contributed by atoms with van der Waals surface area (Å²) in [5, 5.41) is 0.325. The van der Waals surface area contributed by atoms with E-state index in [9.17, 15) is 9.18 Å². The molecule has 1 amide bonds. The summed E-state index contributed by atoms with van der Waals surface area (Å²) in [6, 6.07) is 24.1. The van der Waals surface area contributed by atoms with Crippen molar-refractivity contribution >= 4 is 17.5 Å². The molecule has 1 saturated heterocycles. The van der Waals surface area contributed by atoms with E-state index in [4.69, 9.17) is 16.3 Å². The molecule has 0 spiro atoms. The van der Waals surface area contributed by atoms with Crippen LogP contribution in [0.15, 0.2) is 91.5 Å². The third-order valence-corrected chi connectivity index (χ3v) is 6.23. The molecule has 0 aromatic heterocycles. The Labute approximate surface area is 193 Å². The Morgan fingerprint density at radius 3 is 2.34 bits per heavy atom. The van der Waals surface area contributed by atoms with E-state index >= 15 is 0 Å². The number of nitrogens with zero attached hydrogens (tertiary/aromatic N) is 1. The largest absolute Gasteiger partial charge is 0.351 e. The van der Waals surface area contributed by atoms with Crippen molar-refractivity contribution in [2.75, 3.05) is 6.73 Å². The summed E-state index contributed by atoms with van der Waals surface area (Å²) in [6.45, 7) is 3.97. The van der Waals surface area contributed by atoms with E-state index in [2.05, 4.69) is 6.58 Å². The Hall–Kier alpha value is -2.95. The number of allylic oxidation sites excluding steroid dienone is 1. The minimum absolute atomic E-state index is 0.100. The van der Waals surface area contributed by atoms with Crippen LogP contribution in [0.5, 0.6) is 0 Å². The van der Waals surface area contributed by atoms with Crippen LogP contribution in [0.4, 0.5) is 4.39 Å². The summed E-state index contributed by atoms with van der Waals surface area (Å²) in [7, 11) is 0. The second kappa shape index (κ2) is 10.1. The van der Waals surface area contributed by atoms with Crippen LogP contribution in [0.3, 0.4) is 0 Å². The first kappa shape index (κ1) is 22.3. The number of rotatable bonds is 7. The third-order valence-electron chi connectivity index (χ3n) is 5.88. The molecule has 1 heterocycles. The number of benzene rings is 3. The predicted molar refractivity (Wildman–Crippen MR) is 125 cm³/mol. The van der Waals surface area contributed by atoms with E-state index in [-0.39, 0.29) is 31.2 Å². The minimum atomic E-state index is -0.494. The van der Waals surface area contributed by atoms with Gasteiger partial charge in [0.1, 0.15) is 18.7 Å². The van der Waals surface area contributed by atoms with Crippen molar-refractivity contribution in [1.29, 1.82) is 0 Å². The summed E-state index contributed by atoms with van der Waals surface area (Å²) in [4.78, 5) is 15.5. The maximum absolute atomic E-state index is 14.5. The molecule has 1 aliphatic rings. The highest BCUT2D eigenvalue weighted by Gasteiger charge is 2.41. The topological polar surface area (TPSA) is 29.5 Å². The highest BCUT2D eigenvalue weighted by Crippen LogP contribution is 2.43. The quantitative estimate of drug-likeness (QED) is 0.384. The zero-order chi connectivity index (χ0) is 22.5. The van der Waals surface area contributed by atoms with E-state index < -0.39 is 11.7 Å². The number of hydrogen-bond acceptors (Lipinski definition) is 2. The molecule has 0 radical (unpaired) electrons. The van der Waals surface area contributed by atoms with E-state index in [0.29, 0.717) is 17.0 Å². The first-order valence-electron chi connectivity index (χ1n) is 10.7. The standard InChI is InChI=1S/C27H25ClFNO2/c1-2-10-21(17-22-23(28)15-9-16-24(22)29)27(31)30-18-32-26(20-13-7-4-8-14-20)25(30)19-11-5-3-6-12-19/h2-9,11-16,21,25-26H,1,10,17-18H2/t21-,25+,26-/m0/s1. The van der Waals surface area contributed by atoms with Crippen molar-refractivity contribution in [2.24, 2.45) is 5.92 Å². The van der Waals surface area contributed by atoms with E-state index in [1.807, 2.05) is 60.7 Å². The average Bonchev–Trinajstić information content (AvgIpc) is 3.27. The summed E-state index contributed by atoms with van der Waals surface area (Å²) in [5.74, 6) is -0.999. The molecule has 32 heavy (non-hydrogen) atoms. The van der Waals surface area contributed by atoms with Crippen LogP contribution < -0.4 is 0 Å². The molecular weight excluding hydrogens is 425 g/mol. The molecule has 3 aromatic rings. The fraction of sp³-hybridized carbons (Fsp3) is 0.222. The van der Waals surface area contributed by atoms with Gasteiger partial charge in [-0.2, -0.15) is 0 Å². The molecule has 1 aliphatic heterocycles. The number of carbonyl (C=O) groups excluding carboxylic acids is 1. The fourth-order valence-electron chi connectivity index (χ4n) is 4.30. The Morgan fingerprint density at radius 2 is 1.72 bits per heavy atom. The highest BCUT2D eigenvalue weighted by atomic mass is 35.5. The number of amides is 1. The number of hydrogen-bond donors (Lipinski definition) is 0. The monoisotopic (exact) mass is 449 g/mol. The SMILES string of the molecule is C=CC[C@@H](Cc1c(F)cccc1Cl)C(=O)N1CO[C@@H](c2ccccc2)[C@H]1c1ccccc1. The maximum atomic E-state index is 14.5. The molecule has 0 bridgehead atoms. The van der Waals surface area contributed by atoms with Crippen LogP contribution in [-0.2, 0) is 16.0 Å². The molecule has 1 fully saturated rings. The molecule has 0 unspecified atom stereocenters. The molecule has 4 rings (SSSR count). The third kappa shape index (κ3) is 4.62. The fourth-order valence-corrected chi connectivity index (χ4v) is 4.54. The van der Waals surface area contributed by atoms with E-state index in [1.165, 1.54) is 6.07 Å². The van der Waals surface area contributed by atoms with Gasteiger partial charge in [-0.05, 0) is 36.1 Å². The summed E-state index contributed by atoms with van der Waals surface area (Å²) < 4.78 is 20.6. The molecule has 164 valence electrons. The maximum Gasteiger partial charge on any atom is 0.228 e. The van der Waals surface area contributed by atoms with Crippen LogP contribution in [0.25, 0.3) is 0 Å². The van der Waals surface area contributed by atoms with Gasteiger partial charge in [0, 0.05) is 16.5 Å². The zero-order valence-electron chi connectivity index (χ0n) is 17.7. The van der Waals surface area contributed by atoms with Crippen molar-refractivity contribution in [1.82, 2.24) is 4.90 Å². The van der Waals surface area contributed by atoms with Crippen LogP contribution >= 0.6 is 11.6 Å². The smallest absolute Gasteiger partial charge is 0.228 e. The van der Waals surface area contributed by atoms with Gasteiger partial charge in [0.15, 0.2) is 0 Å². The number of ether oxygens (including phenoxy) is 1. The molecule has 3 aromatic carbocycles. The van der Waals surface area contributed by atoms with Gasteiger partial charge in [-0.1, -0.05) is 84.4 Å². The van der Waals surface area contributed by atoms with Crippen molar-refractivity contribution in [3.63, 3.8) is 0 Å². The Balaban J connectivity index is 1.67. The second-order valence-electron chi connectivity index (χ2n) is 7.92. The van der Waals surface area contributed by atoms with Gasteiger partial charge < -0.3 is 9.64 Å². The molecule has 0 saturated carbocycles. The lowest BCUT2D eigenvalue weighted by Gasteiger charge is -2.29. The lowest BCUT2D eigenvalue weighted by atomic mass is 9.91. The summed E-state index contributed by atoms with van der Waals surface area (Å²) in [6.07, 6.45) is 2.02. The highest BCUT2D eigenvalue weighted by molar-refractivity contribution is 6.31. The van der Waals surface area contributed by atoms with Crippen molar-refractivity contribution in [3.8, 4) is 0 Å². The van der Waals surface area contributed by atoms with Gasteiger partial charge in [-0.15, -0.1) is 6.58 Å². The first-order valence-corrected chi connectivity index (χ1v) is 11.0. The number of halogens is 2. The Kier molecular flexibility index (Phi) is 7.03. The van der Waals surface area contributed by atoms with E-state index in [0.717, 1.165) is 11.1 Å². The normalized spacial score (nSPS) is 19.0. The van der Waals surface area contributed by atoms with Crippen LogP contribution in [0, 0.1) is 11.7 Å². The zero-order valence-corrected chi connectivity index (χ0v) is 18.4. The summed E-state index contributed by atoms with van der Waals surface area (Å²) >= 11 is 6.25. The van der Waals surface area contributed by atoms with Gasteiger partial charge in [-0.25, -0.2) is 4.39 Å². The van der Waals surface area contributed by atoms with Gasteiger partial charge in [-0.3, -0.25) is 4.79 Å². The molecule has 5 heteroatoms. The Morgan fingerprint density at radius 1 is 1.06 bits per heavy atom. The first-order chi connectivity index (χ1) is 15.6. The van der Waals surface area contributed by atoms with E-state index in [1.54, 1.807) is 23.1 Å². The van der Waals surface area contributed by atoms with Crippen LogP contribution in [0.1, 0.15) is 35.3 Å². The average molecular weight is 450 g/mol. The van der Waals surface area contributed by atoms with Crippen LogP contribution in [-0.4, -0.2) is 17.5 Å². The van der Waals surface area contributed by atoms with Crippen molar-refractivity contribution in [2.45, 2.75) is 25.0 Å². The van der Waals surface area contributed by atoms with Crippen molar-refractivity contribution < 1.29 is 13.9 Å². The van der Waals surface area contributed by atoms with Crippen molar-refractivity contribution in [3.05, 3.63) is 119 Å². The lowest BCUT2D eigenvalue weighted by molar-refractivity contribution is -0.137. The summed E-state index contributed by atoms with van der Waals surface area (Å²) in [5.41, 5.74) is 2.35. The minimum Gasteiger partial charge on any atom is -0.351 e. The van der Waals surface area contributed by atoms with Gasteiger partial charge in [0.2, 0.25) is 5.91 Å². The molecule has 3 atom stereocenters. The Bertz CT molecular complexity index is 1050. The molecule has 3 nitrogen and oxygen atoms in total. The van der Waals surface area contributed by atoms with Gasteiger partial charge in [0.25, 0.3) is 0 Å². The van der Waals surface area contributed by atoms with Gasteiger partial charge in [0.05, 0.1) is 6.04 Å². The molecule has 0 N–H and O–H groups in total. The molecule has 0 aliphatic carbocycles.